The molecule has 0 saturated carbocycles. The number of rotatable bonds is 77. The third-order valence-corrected chi connectivity index (χ3v) is 19.4. The maximum absolute atomic E-state index is 12.6. The summed E-state index contributed by atoms with van der Waals surface area (Å²) < 4.78 is 5.52. The number of aliphatic hydroxyl groups is 2. The van der Waals surface area contributed by atoms with Crippen molar-refractivity contribution >= 4 is 11.9 Å². The number of ether oxygens (including phenoxy) is 1. The lowest BCUT2D eigenvalue weighted by molar-refractivity contribution is -0.143. The Hall–Kier alpha value is -1.14. The quantitative estimate of drug-likeness (QED) is 0.0417. The molecule has 0 radical (unpaired) electrons. The monoisotopic (exact) mass is 1210 g/mol. The average Bonchev–Trinajstić information content (AvgIpc) is 3.57. The van der Waals surface area contributed by atoms with E-state index < -0.39 is 12.1 Å². The van der Waals surface area contributed by atoms with E-state index in [1.807, 2.05) is 0 Å². The van der Waals surface area contributed by atoms with E-state index in [1.165, 1.54) is 405 Å². The molecule has 514 valence electrons. The van der Waals surface area contributed by atoms with Crippen molar-refractivity contribution in [2.24, 2.45) is 0 Å². The molecule has 0 aromatic rings. The highest BCUT2D eigenvalue weighted by Crippen LogP contribution is 2.21. The van der Waals surface area contributed by atoms with Gasteiger partial charge in [0.25, 0.3) is 0 Å². The van der Waals surface area contributed by atoms with Gasteiger partial charge in [0.1, 0.15) is 0 Å². The Morgan fingerprint density at radius 2 is 0.477 bits per heavy atom. The van der Waals surface area contributed by atoms with E-state index in [0.717, 1.165) is 38.5 Å². The van der Waals surface area contributed by atoms with Crippen LogP contribution in [0.4, 0.5) is 0 Å². The number of aliphatic hydroxyl groups excluding tert-OH is 2. The molecule has 1 amide bonds. The fourth-order valence-corrected chi connectivity index (χ4v) is 13.3. The zero-order valence-electron chi connectivity index (χ0n) is 59.1. The number of unbranched alkanes of at least 4 members (excludes halogenated alkanes) is 66. The van der Waals surface area contributed by atoms with Crippen molar-refractivity contribution < 1.29 is 24.5 Å². The Morgan fingerprint density at radius 3 is 0.709 bits per heavy atom. The molecule has 2 atom stereocenters. The summed E-state index contributed by atoms with van der Waals surface area (Å²) in [6.07, 6.45) is 94.9. The van der Waals surface area contributed by atoms with Crippen molar-refractivity contribution in [3.8, 4) is 0 Å². The van der Waals surface area contributed by atoms with Gasteiger partial charge in [-0.1, -0.05) is 438 Å². The molecule has 86 heavy (non-hydrogen) atoms. The molecule has 0 saturated heterocycles. The Morgan fingerprint density at radius 1 is 0.279 bits per heavy atom. The maximum Gasteiger partial charge on any atom is 0.305 e. The summed E-state index contributed by atoms with van der Waals surface area (Å²) in [5.74, 6) is 0.00172. The van der Waals surface area contributed by atoms with E-state index in [1.54, 1.807) is 0 Å². The number of esters is 1. The predicted octanol–water partition coefficient (Wildman–Crippen LogP) is 26.5. The van der Waals surface area contributed by atoms with Gasteiger partial charge in [-0.05, 0) is 25.7 Å². The van der Waals surface area contributed by atoms with Gasteiger partial charge in [0.15, 0.2) is 0 Å². The molecule has 3 N–H and O–H groups in total. The first kappa shape index (κ1) is 84.9. The van der Waals surface area contributed by atoms with E-state index in [9.17, 15) is 19.8 Å². The highest BCUT2D eigenvalue weighted by molar-refractivity contribution is 5.76. The van der Waals surface area contributed by atoms with Crippen molar-refractivity contribution in [1.29, 1.82) is 0 Å². The van der Waals surface area contributed by atoms with Crippen LogP contribution in [0.25, 0.3) is 0 Å². The summed E-state index contributed by atoms with van der Waals surface area (Å²) in [7, 11) is 0. The van der Waals surface area contributed by atoms with E-state index in [0.29, 0.717) is 25.9 Å². The molecule has 0 aliphatic rings. The standard InChI is InChI=1S/C80H159NO5/c1-3-5-7-9-11-13-15-17-19-21-22-34-37-41-44-48-52-56-60-64-68-72-78(83)77(76-82)81-79(84)73-69-65-61-57-53-49-45-42-38-35-32-30-28-26-24-23-25-27-29-31-33-36-39-43-47-51-55-59-63-67-71-75-86-80(85)74-70-66-62-58-54-50-46-40-20-18-16-14-12-10-8-6-4-2/h77-78,82-83H,3-76H2,1-2H3,(H,81,84). The Labute approximate surface area is 540 Å². The normalized spacial score (nSPS) is 12.4. The second kappa shape index (κ2) is 76.3. The van der Waals surface area contributed by atoms with Gasteiger partial charge in [-0.15, -0.1) is 0 Å². The summed E-state index contributed by atoms with van der Waals surface area (Å²) in [5, 5.41) is 23.5. The molecular formula is C80H159NO5. The third kappa shape index (κ3) is 71.9. The topological polar surface area (TPSA) is 95.9 Å². The minimum Gasteiger partial charge on any atom is -0.466 e. The van der Waals surface area contributed by atoms with Crippen LogP contribution in [0, 0.1) is 0 Å². The first-order chi connectivity index (χ1) is 42.5. The number of carbonyl (C=O) groups excluding carboxylic acids is 2. The van der Waals surface area contributed by atoms with Gasteiger partial charge in [-0.25, -0.2) is 0 Å². The lowest BCUT2D eigenvalue weighted by Crippen LogP contribution is -2.45. The first-order valence-corrected chi connectivity index (χ1v) is 40.3. The van der Waals surface area contributed by atoms with Gasteiger partial charge >= 0.3 is 5.97 Å². The molecule has 6 heteroatoms. The number of hydrogen-bond acceptors (Lipinski definition) is 5. The highest BCUT2D eigenvalue weighted by atomic mass is 16.5. The van der Waals surface area contributed by atoms with Crippen LogP contribution in [0.15, 0.2) is 0 Å². The average molecular weight is 1220 g/mol. The number of nitrogens with one attached hydrogen (secondary N) is 1. The Bertz CT molecular complexity index is 1260. The van der Waals surface area contributed by atoms with Gasteiger partial charge in [0.2, 0.25) is 5.91 Å². The van der Waals surface area contributed by atoms with Crippen molar-refractivity contribution in [2.45, 2.75) is 488 Å². The predicted molar refractivity (Wildman–Crippen MR) is 380 cm³/mol. The molecule has 0 rings (SSSR count). The fraction of sp³-hybridized carbons (Fsp3) is 0.975. The van der Waals surface area contributed by atoms with Crippen molar-refractivity contribution in [2.75, 3.05) is 13.2 Å². The lowest BCUT2D eigenvalue weighted by Gasteiger charge is -2.22. The summed E-state index contributed by atoms with van der Waals surface area (Å²) in [6, 6.07) is -0.538. The molecule has 0 spiro atoms. The molecule has 0 bridgehead atoms. The zero-order valence-corrected chi connectivity index (χ0v) is 59.1. The van der Waals surface area contributed by atoms with E-state index in [4.69, 9.17) is 4.74 Å². The van der Waals surface area contributed by atoms with Crippen LogP contribution in [0.5, 0.6) is 0 Å². The molecule has 0 aliphatic carbocycles. The molecule has 6 nitrogen and oxygen atoms in total. The van der Waals surface area contributed by atoms with Crippen LogP contribution in [0.3, 0.4) is 0 Å². The zero-order chi connectivity index (χ0) is 62.0. The van der Waals surface area contributed by atoms with Crippen molar-refractivity contribution in [1.82, 2.24) is 5.32 Å². The van der Waals surface area contributed by atoms with Crippen LogP contribution in [-0.2, 0) is 14.3 Å². The van der Waals surface area contributed by atoms with Crippen LogP contribution in [0.2, 0.25) is 0 Å². The van der Waals surface area contributed by atoms with Crippen LogP contribution in [0.1, 0.15) is 476 Å². The van der Waals surface area contributed by atoms with Gasteiger partial charge in [-0.3, -0.25) is 9.59 Å². The lowest BCUT2D eigenvalue weighted by atomic mass is 10.0. The van der Waals surface area contributed by atoms with Crippen LogP contribution in [-0.4, -0.2) is 47.4 Å². The van der Waals surface area contributed by atoms with Gasteiger partial charge in [-0.2, -0.15) is 0 Å². The number of amides is 1. The molecule has 0 aromatic carbocycles. The Balaban J connectivity index is 3.31. The maximum atomic E-state index is 12.6. The van der Waals surface area contributed by atoms with Crippen molar-refractivity contribution in [3.63, 3.8) is 0 Å². The molecule has 0 aromatic heterocycles. The molecule has 0 fully saturated rings. The SMILES string of the molecule is CCCCCCCCCCCCCCCCCCCCCCCC(O)C(CO)NC(=O)CCCCCCCCCCCCCCCCCCCCCCCCCCCCCCCCCOC(=O)CCCCCCCCCCCCCCCCCCC. The summed E-state index contributed by atoms with van der Waals surface area (Å²) in [4.78, 5) is 24.7. The Kier molecular flexibility index (Phi) is 75.3. The van der Waals surface area contributed by atoms with Crippen LogP contribution < -0.4 is 5.32 Å². The van der Waals surface area contributed by atoms with Crippen molar-refractivity contribution in [3.05, 3.63) is 0 Å². The van der Waals surface area contributed by atoms with Gasteiger partial charge in [0, 0.05) is 12.8 Å². The molecule has 2 unspecified atom stereocenters. The minimum absolute atomic E-state index is 0.0246. The highest BCUT2D eigenvalue weighted by Gasteiger charge is 2.20. The molecule has 0 heterocycles. The summed E-state index contributed by atoms with van der Waals surface area (Å²) in [5.41, 5.74) is 0. The third-order valence-electron chi connectivity index (χ3n) is 19.4. The number of carbonyl (C=O) groups is 2. The van der Waals surface area contributed by atoms with E-state index in [-0.39, 0.29) is 18.5 Å². The van der Waals surface area contributed by atoms with E-state index in [2.05, 4.69) is 19.2 Å². The minimum atomic E-state index is -0.661. The van der Waals surface area contributed by atoms with Crippen LogP contribution >= 0.6 is 0 Å². The van der Waals surface area contributed by atoms with Gasteiger partial charge in [0.05, 0.1) is 25.4 Å². The molecular weight excluding hydrogens is 1050 g/mol. The smallest absolute Gasteiger partial charge is 0.305 e. The first-order valence-electron chi connectivity index (χ1n) is 40.3. The second-order valence-corrected chi connectivity index (χ2v) is 28.1. The second-order valence-electron chi connectivity index (χ2n) is 28.1. The largest absolute Gasteiger partial charge is 0.466 e. The summed E-state index contributed by atoms with van der Waals surface area (Å²) in [6.45, 7) is 5.02. The fourth-order valence-electron chi connectivity index (χ4n) is 13.3. The summed E-state index contributed by atoms with van der Waals surface area (Å²) >= 11 is 0. The number of hydrogen-bond donors (Lipinski definition) is 3. The van der Waals surface area contributed by atoms with E-state index >= 15 is 0 Å². The van der Waals surface area contributed by atoms with Gasteiger partial charge < -0.3 is 20.3 Å². The molecule has 0 aliphatic heterocycles.